The molecule has 5 heteroatoms. The third kappa shape index (κ3) is 3.97. The van der Waals surface area contributed by atoms with E-state index in [9.17, 15) is 9.59 Å². The first kappa shape index (κ1) is 19.7. The summed E-state index contributed by atoms with van der Waals surface area (Å²) in [5.41, 5.74) is 1.90. The molecule has 1 saturated carbocycles. The van der Waals surface area contributed by atoms with Gasteiger partial charge in [0.15, 0.2) is 0 Å². The highest BCUT2D eigenvalue weighted by molar-refractivity contribution is 5.94. The molecule has 1 aromatic rings. The Balaban J connectivity index is 0.00000210. The molecule has 4 rings (SSSR count). The lowest BCUT2D eigenvalue weighted by molar-refractivity contribution is 0.0175. The Hall–Kier alpha value is -2.04. The molecule has 1 N–H and O–H groups in total. The molecule has 1 unspecified atom stereocenters. The fourth-order valence-electron chi connectivity index (χ4n) is 5.15. The van der Waals surface area contributed by atoms with E-state index in [4.69, 9.17) is 0 Å². The number of likely N-dealkylation sites (tertiary alicyclic amines) is 2. The van der Waals surface area contributed by atoms with Crippen LogP contribution in [-0.2, 0) is 0 Å². The van der Waals surface area contributed by atoms with E-state index in [1.807, 2.05) is 4.90 Å². The maximum Gasteiger partial charge on any atom is 0.255 e. The predicted molar refractivity (Wildman–Crippen MR) is 109 cm³/mol. The van der Waals surface area contributed by atoms with Crippen molar-refractivity contribution in [1.29, 1.82) is 0 Å². The second-order valence-corrected chi connectivity index (χ2v) is 8.40. The standard InChI is InChI=1S/C21H29N3O2.CH4/c1-16-9-11-21(15-24(16)18-5-2-3-6-18)10-4-12-23(14-21)20(26)17-7-8-19(25)22-13-17;/h7-8,13,18H,1-6,9-12,14-15H2,(H,22,25);1H4. The zero-order valence-electron chi connectivity index (χ0n) is 15.5. The van der Waals surface area contributed by atoms with Gasteiger partial charge in [0.05, 0.1) is 5.56 Å². The van der Waals surface area contributed by atoms with Crippen LogP contribution in [0.5, 0.6) is 0 Å². The second kappa shape index (κ2) is 7.91. The third-order valence-corrected chi connectivity index (χ3v) is 6.60. The molecule has 1 aliphatic carbocycles. The van der Waals surface area contributed by atoms with Crippen LogP contribution in [0.15, 0.2) is 35.4 Å². The van der Waals surface area contributed by atoms with Gasteiger partial charge in [-0.25, -0.2) is 0 Å². The molecule has 1 spiro atoms. The molecule has 3 aliphatic rings. The highest BCUT2D eigenvalue weighted by Gasteiger charge is 2.43. The number of H-pyrrole nitrogens is 1. The molecule has 27 heavy (non-hydrogen) atoms. The molecule has 2 aliphatic heterocycles. The molecule has 3 fully saturated rings. The topological polar surface area (TPSA) is 56.4 Å². The number of rotatable bonds is 2. The normalized spacial score (nSPS) is 26.3. The van der Waals surface area contributed by atoms with Crippen LogP contribution in [0.4, 0.5) is 0 Å². The van der Waals surface area contributed by atoms with Gasteiger partial charge < -0.3 is 14.8 Å². The lowest BCUT2D eigenvalue weighted by Gasteiger charge is -2.51. The molecule has 148 valence electrons. The van der Waals surface area contributed by atoms with Crippen LogP contribution in [0.25, 0.3) is 0 Å². The summed E-state index contributed by atoms with van der Waals surface area (Å²) in [4.78, 5) is 31.4. The van der Waals surface area contributed by atoms with E-state index < -0.39 is 0 Å². The van der Waals surface area contributed by atoms with Crippen molar-refractivity contribution in [1.82, 2.24) is 14.8 Å². The van der Waals surface area contributed by atoms with E-state index in [-0.39, 0.29) is 24.3 Å². The Morgan fingerprint density at radius 3 is 2.63 bits per heavy atom. The fourth-order valence-corrected chi connectivity index (χ4v) is 5.15. The fraction of sp³-hybridized carbons (Fsp3) is 0.636. The molecule has 0 radical (unpaired) electrons. The van der Waals surface area contributed by atoms with Gasteiger partial charge in [0.1, 0.15) is 0 Å². The smallest absolute Gasteiger partial charge is 0.255 e. The van der Waals surface area contributed by atoms with Gasteiger partial charge in [-0.15, -0.1) is 0 Å². The number of nitrogens with zero attached hydrogens (tertiary/aromatic N) is 2. The van der Waals surface area contributed by atoms with Crippen molar-refractivity contribution in [2.75, 3.05) is 19.6 Å². The minimum absolute atomic E-state index is 0. The van der Waals surface area contributed by atoms with Crippen LogP contribution in [-0.4, -0.2) is 46.4 Å². The number of amides is 1. The Labute approximate surface area is 162 Å². The van der Waals surface area contributed by atoms with Gasteiger partial charge in [-0.05, 0) is 44.6 Å². The number of aromatic nitrogens is 1. The lowest BCUT2D eigenvalue weighted by atomic mass is 9.72. The Bertz CT molecular complexity index is 730. The average molecular weight is 372 g/mol. The minimum Gasteiger partial charge on any atom is -0.372 e. The van der Waals surface area contributed by atoms with Crippen LogP contribution in [0.3, 0.4) is 0 Å². The number of allylic oxidation sites excluding steroid dienone is 1. The van der Waals surface area contributed by atoms with E-state index >= 15 is 0 Å². The van der Waals surface area contributed by atoms with Crippen molar-refractivity contribution in [3.8, 4) is 0 Å². The SMILES string of the molecule is C.C=C1CCC2(CCCN(C(=O)c3ccc(=O)[nH]c3)C2)CN1C1CCCC1. The molecule has 0 bridgehead atoms. The van der Waals surface area contributed by atoms with Crippen LogP contribution in [0.1, 0.15) is 69.2 Å². The number of nitrogens with one attached hydrogen (secondary N) is 1. The Morgan fingerprint density at radius 2 is 1.93 bits per heavy atom. The second-order valence-electron chi connectivity index (χ2n) is 8.40. The summed E-state index contributed by atoms with van der Waals surface area (Å²) in [6, 6.07) is 3.72. The summed E-state index contributed by atoms with van der Waals surface area (Å²) >= 11 is 0. The average Bonchev–Trinajstić information content (AvgIpc) is 3.19. The van der Waals surface area contributed by atoms with Gasteiger partial charge in [0.25, 0.3) is 5.91 Å². The van der Waals surface area contributed by atoms with E-state index in [0.29, 0.717) is 11.6 Å². The quantitative estimate of drug-likeness (QED) is 0.861. The number of piperidine rings is 2. The van der Waals surface area contributed by atoms with Crippen molar-refractivity contribution >= 4 is 5.91 Å². The van der Waals surface area contributed by atoms with Crippen LogP contribution < -0.4 is 5.56 Å². The number of hydrogen-bond donors (Lipinski definition) is 1. The van der Waals surface area contributed by atoms with Crippen LogP contribution in [0.2, 0.25) is 0 Å². The molecular weight excluding hydrogens is 338 g/mol. The number of carbonyl (C=O) groups excluding carboxylic acids is 1. The first-order valence-corrected chi connectivity index (χ1v) is 9.99. The number of pyridine rings is 1. The molecule has 5 nitrogen and oxygen atoms in total. The van der Waals surface area contributed by atoms with Gasteiger partial charge >= 0.3 is 0 Å². The largest absolute Gasteiger partial charge is 0.372 e. The van der Waals surface area contributed by atoms with Crippen molar-refractivity contribution in [2.24, 2.45) is 5.41 Å². The molecule has 3 heterocycles. The monoisotopic (exact) mass is 371 g/mol. The maximum atomic E-state index is 12.9. The zero-order valence-corrected chi connectivity index (χ0v) is 15.5. The highest BCUT2D eigenvalue weighted by Crippen LogP contribution is 2.43. The molecule has 1 aromatic heterocycles. The van der Waals surface area contributed by atoms with E-state index in [1.165, 1.54) is 43.9 Å². The van der Waals surface area contributed by atoms with Gasteiger partial charge in [-0.2, -0.15) is 0 Å². The number of aromatic amines is 1. The van der Waals surface area contributed by atoms with Crippen molar-refractivity contribution in [3.05, 3.63) is 46.5 Å². The summed E-state index contributed by atoms with van der Waals surface area (Å²) in [6.45, 7) is 7.02. The summed E-state index contributed by atoms with van der Waals surface area (Å²) in [7, 11) is 0. The first-order valence-electron chi connectivity index (χ1n) is 9.99. The third-order valence-electron chi connectivity index (χ3n) is 6.60. The van der Waals surface area contributed by atoms with Crippen LogP contribution in [0, 0.1) is 5.41 Å². The zero-order chi connectivity index (χ0) is 18.1. The molecule has 2 saturated heterocycles. The highest BCUT2D eigenvalue weighted by atomic mass is 16.2. The van der Waals surface area contributed by atoms with Gasteiger partial charge in [0.2, 0.25) is 5.56 Å². The van der Waals surface area contributed by atoms with E-state index in [1.54, 1.807) is 12.3 Å². The maximum absolute atomic E-state index is 12.9. The van der Waals surface area contributed by atoms with Crippen molar-refractivity contribution in [2.45, 2.75) is 64.8 Å². The molecular formula is C22H33N3O2. The lowest BCUT2D eigenvalue weighted by Crippen LogP contribution is -2.54. The predicted octanol–water partition coefficient (Wildman–Crippen LogP) is 3.79. The minimum atomic E-state index is -0.172. The summed E-state index contributed by atoms with van der Waals surface area (Å²) in [5.74, 6) is 0.0390. The van der Waals surface area contributed by atoms with Gasteiger partial charge in [0, 0.05) is 49.1 Å². The first-order chi connectivity index (χ1) is 12.6. The summed E-state index contributed by atoms with van der Waals surface area (Å²) < 4.78 is 0. The summed E-state index contributed by atoms with van der Waals surface area (Å²) in [5, 5.41) is 0. The molecule has 1 atom stereocenters. The van der Waals surface area contributed by atoms with E-state index in [0.717, 1.165) is 38.9 Å². The van der Waals surface area contributed by atoms with E-state index in [2.05, 4.69) is 16.5 Å². The van der Waals surface area contributed by atoms with Gasteiger partial charge in [-0.3, -0.25) is 9.59 Å². The number of hydrogen-bond acceptors (Lipinski definition) is 3. The van der Waals surface area contributed by atoms with Crippen molar-refractivity contribution < 1.29 is 4.79 Å². The van der Waals surface area contributed by atoms with Gasteiger partial charge in [-0.1, -0.05) is 26.8 Å². The van der Waals surface area contributed by atoms with Crippen molar-refractivity contribution in [3.63, 3.8) is 0 Å². The van der Waals surface area contributed by atoms with Crippen LogP contribution >= 0.6 is 0 Å². The number of carbonyl (C=O) groups is 1. The molecule has 0 aromatic carbocycles. The Morgan fingerprint density at radius 1 is 1.15 bits per heavy atom. The summed E-state index contributed by atoms with van der Waals surface area (Å²) in [6.07, 6.45) is 11.2. The molecule has 1 amide bonds. The Kier molecular flexibility index (Phi) is 5.78.